The number of nitrogens with two attached hydrogens (primary N) is 1. The Hall–Kier alpha value is -0.120. The summed E-state index contributed by atoms with van der Waals surface area (Å²) in [7, 11) is 2.02. The van der Waals surface area contributed by atoms with Crippen molar-refractivity contribution in [3.8, 4) is 0 Å². The summed E-state index contributed by atoms with van der Waals surface area (Å²) in [6, 6.07) is 0. The topological polar surface area (TPSA) is 41.3 Å². The first kappa shape index (κ1) is 8.97. The van der Waals surface area contributed by atoms with Crippen molar-refractivity contribution in [3.05, 3.63) is 0 Å². The van der Waals surface area contributed by atoms with Gasteiger partial charge in [-0.3, -0.25) is 0 Å². The fraction of sp³-hybridized carbons (Fsp3) is 1.00. The van der Waals surface area contributed by atoms with Crippen LogP contribution in [0, 0.1) is 5.92 Å². The molecule has 3 heteroatoms. The Morgan fingerprint density at radius 1 is 1.64 bits per heavy atom. The fourth-order valence-electron chi connectivity index (χ4n) is 1.75. The molecule has 1 rings (SSSR count). The monoisotopic (exact) mass is 157 g/mol. The van der Waals surface area contributed by atoms with Crippen molar-refractivity contribution in [3.63, 3.8) is 0 Å². The van der Waals surface area contributed by atoms with Crippen LogP contribution in [0.25, 0.3) is 0 Å². The van der Waals surface area contributed by atoms with Crippen LogP contribution in [0.3, 0.4) is 0 Å². The molecule has 0 radical (unpaired) electrons. The van der Waals surface area contributed by atoms with E-state index in [1.165, 1.54) is 19.5 Å². The summed E-state index contributed by atoms with van der Waals surface area (Å²) in [6.45, 7) is 5.50. The molecule has 1 aliphatic rings. The van der Waals surface area contributed by atoms with Crippen LogP contribution in [0.5, 0.6) is 0 Å². The number of nitrogens with one attached hydrogen (secondary N) is 1. The molecule has 11 heavy (non-hydrogen) atoms. The van der Waals surface area contributed by atoms with Gasteiger partial charge in [0.15, 0.2) is 0 Å². The second-order valence-corrected chi connectivity index (χ2v) is 3.30. The van der Waals surface area contributed by atoms with Crippen molar-refractivity contribution in [1.29, 1.82) is 0 Å². The van der Waals surface area contributed by atoms with E-state index >= 15 is 0 Å². The van der Waals surface area contributed by atoms with Crippen LogP contribution in [0.2, 0.25) is 0 Å². The van der Waals surface area contributed by atoms with Gasteiger partial charge < -0.3 is 16.0 Å². The van der Waals surface area contributed by atoms with Crippen molar-refractivity contribution in [1.82, 2.24) is 10.2 Å². The van der Waals surface area contributed by atoms with E-state index in [1.54, 1.807) is 0 Å². The predicted octanol–water partition coefficient (Wildman–Crippen LogP) is -0.514. The van der Waals surface area contributed by atoms with Gasteiger partial charge in [0, 0.05) is 19.6 Å². The minimum atomic E-state index is 0.798. The number of nitrogens with zero attached hydrogens (tertiary/aromatic N) is 1. The molecule has 1 atom stereocenters. The van der Waals surface area contributed by atoms with Gasteiger partial charge in [-0.1, -0.05) is 0 Å². The highest BCUT2D eigenvalue weighted by atomic mass is 15.2. The minimum absolute atomic E-state index is 0.798. The first-order valence-electron chi connectivity index (χ1n) is 4.44. The van der Waals surface area contributed by atoms with Crippen LogP contribution in [0.1, 0.15) is 6.42 Å². The van der Waals surface area contributed by atoms with Crippen LogP contribution in [-0.4, -0.2) is 44.7 Å². The van der Waals surface area contributed by atoms with E-state index in [1.807, 2.05) is 7.05 Å². The van der Waals surface area contributed by atoms with Crippen LogP contribution in [-0.2, 0) is 0 Å². The number of hydrogen-bond donors (Lipinski definition) is 2. The van der Waals surface area contributed by atoms with Crippen molar-refractivity contribution in [2.45, 2.75) is 6.42 Å². The molecule has 0 aromatic rings. The summed E-state index contributed by atoms with van der Waals surface area (Å²) in [5, 5.41) is 3.21. The normalized spacial score (nSPS) is 26.2. The number of hydrogen-bond acceptors (Lipinski definition) is 3. The van der Waals surface area contributed by atoms with E-state index in [4.69, 9.17) is 5.73 Å². The summed E-state index contributed by atoms with van der Waals surface area (Å²) in [4.78, 5) is 2.45. The first-order valence-corrected chi connectivity index (χ1v) is 4.44. The smallest absolute Gasteiger partial charge is 0.0105 e. The van der Waals surface area contributed by atoms with E-state index in [0.717, 1.165) is 25.6 Å². The second kappa shape index (κ2) is 4.70. The maximum absolute atomic E-state index is 5.47. The predicted molar refractivity (Wildman–Crippen MR) is 47.5 cm³/mol. The molecule has 0 spiro atoms. The lowest BCUT2D eigenvalue weighted by atomic mass is 10.1. The Bertz CT molecular complexity index is 93.5. The number of likely N-dealkylation sites (tertiary alicyclic amines) is 1. The Morgan fingerprint density at radius 2 is 2.45 bits per heavy atom. The van der Waals surface area contributed by atoms with Crippen molar-refractivity contribution in [2.24, 2.45) is 11.7 Å². The molecular formula is C8H19N3. The standard InChI is InChI=1S/C8H19N3/c1-10-6-8-2-4-11(7-8)5-3-9/h8,10H,2-7,9H2,1H3. The molecule has 3 N–H and O–H groups in total. The van der Waals surface area contributed by atoms with Gasteiger partial charge >= 0.3 is 0 Å². The Labute approximate surface area is 68.9 Å². The lowest BCUT2D eigenvalue weighted by molar-refractivity contribution is 0.332. The second-order valence-electron chi connectivity index (χ2n) is 3.30. The molecule has 3 nitrogen and oxygen atoms in total. The van der Waals surface area contributed by atoms with Gasteiger partial charge in [0.25, 0.3) is 0 Å². The van der Waals surface area contributed by atoms with E-state index in [2.05, 4.69) is 10.2 Å². The molecule has 66 valence electrons. The third kappa shape index (κ3) is 2.77. The summed E-state index contributed by atoms with van der Waals surface area (Å²) < 4.78 is 0. The summed E-state index contributed by atoms with van der Waals surface area (Å²) in [6.07, 6.45) is 1.33. The maximum atomic E-state index is 5.47. The van der Waals surface area contributed by atoms with Crippen molar-refractivity contribution in [2.75, 3.05) is 39.8 Å². The highest BCUT2D eigenvalue weighted by Gasteiger charge is 2.20. The van der Waals surface area contributed by atoms with E-state index in [-0.39, 0.29) is 0 Å². The molecule has 0 aliphatic carbocycles. The molecule has 0 bridgehead atoms. The fourth-order valence-corrected chi connectivity index (χ4v) is 1.75. The maximum Gasteiger partial charge on any atom is 0.0105 e. The van der Waals surface area contributed by atoms with Crippen LogP contribution in [0.15, 0.2) is 0 Å². The minimum Gasteiger partial charge on any atom is -0.329 e. The van der Waals surface area contributed by atoms with E-state index < -0.39 is 0 Å². The first-order chi connectivity index (χ1) is 5.36. The van der Waals surface area contributed by atoms with Gasteiger partial charge in [-0.2, -0.15) is 0 Å². The summed E-state index contributed by atoms with van der Waals surface area (Å²) in [5.41, 5.74) is 5.47. The molecule has 0 aromatic carbocycles. The molecule has 0 amide bonds. The van der Waals surface area contributed by atoms with Gasteiger partial charge in [0.1, 0.15) is 0 Å². The van der Waals surface area contributed by atoms with Crippen LogP contribution in [0.4, 0.5) is 0 Å². The quantitative estimate of drug-likeness (QED) is 0.577. The zero-order valence-corrected chi connectivity index (χ0v) is 7.34. The zero-order valence-electron chi connectivity index (χ0n) is 7.34. The molecule has 0 aromatic heterocycles. The largest absolute Gasteiger partial charge is 0.329 e. The molecule has 1 aliphatic heterocycles. The Balaban J connectivity index is 2.12. The van der Waals surface area contributed by atoms with Crippen LogP contribution < -0.4 is 11.1 Å². The molecule has 1 heterocycles. The molecule has 0 saturated carbocycles. The van der Waals surface area contributed by atoms with Gasteiger partial charge in [-0.15, -0.1) is 0 Å². The lowest BCUT2D eigenvalue weighted by Crippen LogP contribution is -2.28. The average Bonchev–Trinajstić information content (AvgIpc) is 2.38. The summed E-state index contributed by atoms with van der Waals surface area (Å²) >= 11 is 0. The van der Waals surface area contributed by atoms with E-state index in [0.29, 0.717) is 0 Å². The van der Waals surface area contributed by atoms with Gasteiger partial charge in [-0.25, -0.2) is 0 Å². The van der Waals surface area contributed by atoms with Gasteiger partial charge in [0.05, 0.1) is 0 Å². The van der Waals surface area contributed by atoms with Crippen LogP contribution >= 0.6 is 0 Å². The molecule has 1 fully saturated rings. The number of rotatable bonds is 4. The SMILES string of the molecule is CNCC1CCN(CCN)C1. The van der Waals surface area contributed by atoms with Crippen molar-refractivity contribution >= 4 is 0 Å². The molecule has 1 unspecified atom stereocenters. The highest BCUT2D eigenvalue weighted by molar-refractivity contribution is 4.76. The summed E-state index contributed by atoms with van der Waals surface area (Å²) in [5.74, 6) is 0.853. The van der Waals surface area contributed by atoms with Gasteiger partial charge in [-0.05, 0) is 32.5 Å². The van der Waals surface area contributed by atoms with Gasteiger partial charge in [0.2, 0.25) is 0 Å². The third-order valence-electron chi connectivity index (χ3n) is 2.31. The molecular weight excluding hydrogens is 138 g/mol. The average molecular weight is 157 g/mol. The highest BCUT2D eigenvalue weighted by Crippen LogP contribution is 2.13. The lowest BCUT2D eigenvalue weighted by Gasteiger charge is -2.13. The van der Waals surface area contributed by atoms with E-state index in [9.17, 15) is 0 Å². The zero-order chi connectivity index (χ0) is 8.10. The Morgan fingerprint density at radius 3 is 3.09 bits per heavy atom. The molecule has 1 saturated heterocycles. The Kier molecular flexibility index (Phi) is 3.83. The third-order valence-corrected chi connectivity index (χ3v) is 2.31. The van der Waals surface area contributed by atoms with Crippen molar-refractivity contribution < 1.29 is 0 Å².